The van der Waals surface area contributed by atoms with Crippen LogP contribution in [0.5, 0.6) is 0 Å². The van der Waals surface area contributed by atoms with Crippen molar-refractivity contribution in [2.75, 3.05) is 5.73 Å². The van der Waals surface area contributed by atoms with Gasteiger partial charge in [0.2, 0.25) is 5.88 Å². The Balaban J connectivity index is 2.21. The minimum absolute atomic E-state index is 0.186. The molecule has 106 valence electrons. The lowest BCUT2D eigenvalue weighted by Crippen LogP contribution is -1.95. The highest BCUT2D eigenvalue weighted by atomic mass is 19.1. The molecule has 0 radical (unpaired) electrons. The van der Waals surface area contributed by atoms with Gasteiger partial charge in [0.15, 0.2) is 0 Å². The largest absolute Gasteiger partial charge is 0.367 e. The number of rotatable bonds is 2. The van der Waals surface area contributed by atoms with Gasteiger partial charge in [-0.2, -0.15) is 10.2 Å². The fourth-order valence-electron chi connectivity index (χ4n) is 2.17. The molecule has 6 heteroatoms. The van der Waals surface area contributed by atoms with Crippen molar-refractivity contribution in [3.05, 3.63) is 47.5 Å². The Bertz CT molecular complexity index is 796. The first kappa shape index (κ1) is 13.2. The molecule has 2 heterocycles. The average molecular weight is 284 g/mol. The highest BCUT2D eigenvalue weighted by molar-refractivity contribution is 5.87. The molecule has 2 N–H and O–H groups in total. The van der Waals surface area contributed by atoms with Crippen molar-refractivity contribution in [1.82, 2.24) is 15.4 Å². The minimum atomic E-state index is -0.312. The molecule has 5 nitrogen and oxygen atoms in total. The second kappa shape index (κ2) is 4.97. The number of nitrogens with two attached hydrogens (primary N) is 1. The molecule has 0 aliphatic carbocycles. The van der Waals surface area contributed by atoms with Gasteiger partial charge < -0.3 is 10.3 Å². The second-order valence-electron chi connectivity index (χ2n) is 4.76. The van der Waals surface area contributed by atoms with Crippen LogP contribution in [0.1, 0.15) is 11.4 Å². The number of hydrogen-bond donors (Lipinski definition) is 1. The third-order valence-corrected chi connectivity index (χ3v) is 3.21. The van der Waals surface area contributed by atoms with E-state index in [-0.39, 0.29) is 11.7 Å². The van der Waals surface area contributed by atoms with Crippen LogP contribution < -0.4 is 5.73 Å². The van der Waals surface area contributed by atoms with Gasteiger partial charge in [0, 0.05) is 5.56 Å². The Kier molecular flexibility index (Phi) is 3.13. The molecule has 2 aromatic heterocycles. The van der Waals surface area contributed by atoms with E-state index in [0.29, 0.717) is 11.3 Å². The van der Waals surface area contributed by atoms with Crippen LogP contribution in [0, 0.1) is 19.7 Å². The summed E-state index contributed by atoms with van der Waals surface area (Å²) in [6, 6.07) is 7.88. The normalized spacial score (nSPS) is 10.8. The Morgan fingerprint density at radius 3 is 2.52 bits per heavy atom. The molecule has 0 amide bonds. The maximum absolute atomic E-state index is 13.1. The van der Waals surface area contributed by atoms with Gasteiger partial charge in [-0.3, -0.25) is 0 Å². The first-order chi connectivity index (χ1) is 10.1. The Hall–Kier alpha value is -2.76. The summed E-state index contributed by atoms with van der Waals surface area (Å²) < 4.78 is 18.2. The molecule has 0 aliphatic heterocycles. The van der Waals surface area contributed by atoms with Gasteiger partial charge in [-0.25, -0.2) is 4.39 Å². The number of aromatic nitrogens is 3. The average Bonchev–Trinajstić information content (AvgIpc) is 2.84. The molecule has 3 aromatic rings. The summed E-state index contributed by atoms with van der Waals surface area (Å²) in [4.78, 5) is 0. The molecular weight excluding hydrogens is 271 g/mol. The zero-order valence-electron chi connectivity index (χ0n) is 11.6. The molecule has 21 heavy (non-hydrogen) atoms. The quantitative estimate of drug-likeness (QED) is 0.782. The maximum atomic E-state index is 13.1. The fourth-order valence-corrected chi connectivity index (χ4v) is 2.17. The van der Waals surface area contributed by atoms with Crippen LogP contribution in [0.4, 0.5) is 10.3 Å². The summed E-state index contributed by atoms with van der Waals surface area (Å²) in [5.41, 5.74) is 10.1. The van der Waals surface area contributed by atoms with Crippen LogP contribution >= 0.6 is 0 Å². The van der Waals surface area contributed by atoms with Crippen molar-refractivity contribution >= 4 is 5.88 Å². The summed E-state index contributed by atoms with van der Waals surface area (Å²) in [5.74, 6) is -0.126. The van der Waals surface area contributed by atoms with Crippen molar-refractivity contribution < 1.29 is 8.91 Å². The topological polar surface area (TPSA) is 77.8 Å². The van der Waals surface area contributed by atoms with Gasteiger partial charge in [0.25, 0.3) is 0 Å². The van der Waals surface area contributed by atoms with Crippen LogP contribution in [-0.2, 0) is 0 Å². The van der Waals surface area contributed by atoms with E-state index in [4.69, 9.17) is 10.3 Å². The summed E-state index contributed by atoms with van der Waals surface area (Å²) in [7, 11) is 0. The monoisotopic (exact) mass is 284 g/mol. The van der Waals surface area contributed by atoms with Gasteiger partial charge >= 0.3 is 0 Å². The molecule has 0 spiro atoms. The SMILES string of the molecule is Cc1cc(-c2noc(N)c2-c2ccc(F)cc2)c(C)nn1. The first-order valence-corrected chi connectivity index (χ1v) is 6.38. The van der Waals surface area contributed by atoms with Crippen LogP contribution in [-0.4, -0.2) is 15.4 Å². The number of halogens is 1. The first-order valence-electron chi connectivity index (χ1n) is 6.38. The fraction of sp³-hybridized carbons (Fsp3) is 0.133. The van der Waals surface area contributed by atoms with Crippen molar-refractivity contribution in [1.29, 1.82) is 0 Å². The van der Waals surface area contributed by atoms with E-state index >= 15 is 0 Å². The third-order valence-electron chi connectivity index (χ3n) is 3.21. The van der Waals surface area contributed by atoms with Crippen LogP contribution in [0.2, 0.25) is 0 Å². The van der Waals surface area contributed by atoms with E-state index in [1.807, 2.05) is 19.9 Å². The number of benzene rings is 1. The van der Waals surface area contributed by atoms with E-state index in [2.05, 4.69) is 15.4 Å². The highest BCUT2D eigenvalue weighted by Crippen LogP contribution is 2.37. The summed E-state index contributed by atoms with van der Waals surface area (Å²) >= 11 is 0. The van der Waals surface area contributed by atoms with E-state index in [0.717, 1.165) is 22.5 Å². The molecule has 0 bridgehead atoms. The number of aryl methyl sites for hydroxylation is 2. The Labute approximate surface area is 120 Å². The van der Waals surface area contributed by atoms with E-state index in [1.54, 1.807) is 12.1 Å². The van der Waals surface area contributed by atoms with Crippen LogP contribution in [0.15, 0.2) is 34.9 Å². The predicted molar refractivity (Wildman–Crippen MR) is 76.8 cm³/mol. The standard InChI is InChI=1S/C15H13FN4O/c1-8-7-12(9(2)19-18-8)14-13(15(17)21-20-14)10-3-5-11(16)6-4-10/h3-7H,17H2,1-2H3. The Morgan fingerprint density at radius 2 is 1.81 bits per heavy atom. The third kappa shape index (κ3) is 2.35. The van der Waals surface area contributed by atoms with Crippen LogP contribution in [0.25, 0.3) is 22.4 Å². The summed E-state index contributed by atoms with van der Waals surface area (Å²) in [6.07, 6.45) is 0. The lowest BCUT2D eigenvalue weighted by Gasteiger charge is -2.05. The Morgan fingerprint density at radius 1 is 1.10 bits per heavy atom. The molecule has 0 aliphatic rings. The molecule has 1 aromatic carbocycles. The number of anilines is 1. The second-order valence-corrected chi connectivity index (χ2v) is 4.76. The predicted octanol–water partition coefficient (Wildman–Crippen LogP) is 3.14. The number of hydrogen-bond acceptors (Lipinski definition) is 5. The number of nitrogen functional groups attached to an aromatic ring is 1. The molecule has 0 atom stereocenters. The molecule has 0 unspecified atom stereocenters. The van der Waals surface area contributed by atoms with Gasteiger partial charge in [0.05, 0.1) is 17.0 Å². The van der Waals surface area contributed by atoms with Gasteiger partial charge in [-0.05, 0) is 37.6 Å². The molecule has 0 fully saturated rings. The van der Waals surface area contributed by atoms with Crippen molar-refractivity contribution in [2.24, 2.45) is 0 Å². The maximum Gasteiger partial charge on any atom is 0.230 e. The minimum Gasteiger partial charge on any atom is -0.367 e. The highest BCUT2D eigenvalue weighted by Gasteiger charge is 2.19. The molecule has 0 saturated carbocycles. The molecule has 0 saturated heterocycles. The lowest BCUT2D eigenvalue weighted by molar-refractivity contribution is 0.439. The van der Waals surface area contributed by atoms with E-state index < -0.39 is 0 Å². The lowest BCUT2D eigenvalue weighted by atomic mass is 10.00. The molecular formula is C15H13FN4O. The van der Waals surface area contributed by atoms with Crippen LogP contribution in [0.3, 0.4) is 0 Å². The van der Waals surface area contributed by atoms with E-state index in [9.17, 15) is 4.39 Å². The van der Waals surface area contributed by atoms with Crippen molar-refractivity contribution in [3.63, 3.8) is 0 Å². The smallest absolute Gasteiger partial charge is 0.230 e. The van der Waals surface area contributed by atoms with Crippen molar-refractivity contribution in [2.45, 2.75) is 13.8 Å². The zero-order chi connectivity index (χ0) is 15.0. The van der Waals surface area contributed by atoms with Crippen molar-refractivity contribution in [3.8, 4) is 22.4 Å². The van der Waals surface area contributed by atoms with Gasteiger partial charge in [-0.1, -0.05) is 17.3 Å². The van der Waals surface area contributed by atoms with Gasteiger partial charge in [-0.15, -0.1) is 0 Å². The van der Waals surface area contributed by atoms with Gasteiger partial charge in [0.1, 0.15) is 11.5 Å². The number of nitrogens with zero attached hydrogens (tertiary/aromatic N) is 3. The zero-order valence-corrected chi connectivity index (χ0v) is 11.6. The van der Waals surface area contributed by atoms with E-state index in [1.165, 1.54) is 12.1 Å². The summed E-state index contributed by atoms with van der Waals surface area (Å²) in [6.45, 7) is 3.68. The summed E-state index contributed by atoms with van der Waals surface area (Å²) in [5, 5.41) is 12.1. The molecule has 3 rings (SSSR count).